The Morgan fingerprint density at radius 2 is 2.00 bits per heavy atom. The largest absolute Gasteiger partial charge is 0.299 e. The van der Waals surface area contributed by atoms with Gasteiger partial charge in [-0.2, -0.15) is 0 Å². The molecule has 0 aliphatic carbocycles. The fourth-order valence-electron chi connectivity index (χ4n) is 1.31. The van der Waals surface area contributed by atoms with Crippen LogP contribution < -0.4 is 0 Å². The lowest BCUT2D eigenvalue weighted by Gasteiger charge is -2.00. The van der Waals surface area contributed by atoms with Crippen molar-refractivity contribution >= 4 is 21.7 Å². The van der Waals surface area contributed by atoms with Crippen LogP contribution >= 0.6 is 15.9 Å². The number of benzene rings is 1. The first-order valence-electron chi connectivity index (χ1n) is 4.92. The summed E-state index contributed by atoms with van der Waals surface area (Å²) in [5.41, 5.74) is 1.06. The lowest BCUT2D eigenvalue weighted by molar-refractivity contribution is -0.118. The first-order valence-corrected chi connectivity index (χ1v) is 5.71. The van der Waals surface area contributed by atoms with E-state index in [4.69, 9.17) is 6.42 Å². The first-order chi connectivity index (χ1) is 7.22. The smallest absolute Gasteiger partial charge is 0.137 e. The highest BCUT2D eigenvalue weighted by atomic mass is 79.9. The Morgan fingerprint density at radius 1 is 1.33 bits per heavy atom. The molecule has 0 spiro atoms. The number of ketones is 1. The predicted molar refractivity (Wildman–Crippen MR) is 65.5 cm³/mol. The van der Waals surface area contributed by atoms with Gasteiger partial charge in [0.05, 0.1) is 0 Å². The molecular formula is C13H13BrO. The van der Waals surface area contributed by atoms with Crippen LogP contribution in [0.4, 0.5) is 0 Å². The third-order valence-electron chi connectivity index (χ3n) is 2.09. The van der Waals surface area contributed by atoms with Crippen LogP contribution in [0.25, 0.3) is 0 Å². The van der Waals surface area contributed by atoms with E-state index in [1.54, 1.807) is 0 Å². The van der Waals surface area contributed by atoms with E-state index in [1.807, 2.05) is 24.3 Å². The van der Waals surface area contributed by atoms with Crippen molar-refractivity contribution in [3.05, 3.63) is 34.3 Å². The molecule has 0 amide bonds. The minimum atomic E-state index is 0.257. The van der Waals surface area contributed by atoms with Crippen LogP contribution in [0.15, 0.2) is 28.7 Å². The van der Waals surface area contributed by atoms with Crippen molar-refractivity contribution in [3.63, 3.8) is 0 Å². The Labute approximate surface area is 99.0 Å². The number of rotatable bonds is 5. The molecule has 0 bridgehead atoms. The van der Waals surface area contributed by atoms with Crippen LogP contribution in [0.3, 0.4) is 0 Å². The molecule has 0 fully saturated rings. The van der Waals surface area contributed by atoms with E-state index < -0.39 is 0 Å². The topological polar surface area (TPSA) is 17.1 Å². The Morgan fingerprint density at radius 3 is 2.60 bits per heavy atom. The maximum absolute atomic E-state index is 11.5. The van der Waals surface area contributed by atoms with E-state index in [2.05, 4.69) is 21.9 Å². The van der Waals surface area contributed by atoms with E-state index in [0.717, 1.165) is 16.5 Å². The third kappa shape index (κ3) is 4.80. The highest BCUT2D eigenvalue weighted by Gasteiger charge is 2.02. The molecule has 0 aliphatic rings. The van der Waals surface area contributed by atoms with Gasteiger partial charge < -0.3 is 0 Å². The van der Waals surface area contributed by atoms with Crippen molar-refractivity contribution in [2.24, 2.45) is 0 Å². The Kier molecular flexibility index (Phi) is 5.14. The number of carbonyl (C=O) groups is 1. The molecule has 15 heavy (non-hydrogen) atoms. The minimum absolute atomic E-state index is 0.257. The quantitative estimate of drug-likeness (QED) is 0.589. The number of unbranched alkanes of at least 4 members (excludes halogenated alkanes) is 1. The monoisotopic (exact) mass is 264 g/mol. The molecule has 0 heterocycles. The van der Waals surface area contributed by atoms with Crippen molar-refractivity contribution in [2.45, 2.75) is 25.7 Å². The molecule has 0 N–H and O–H groups in total. The molecule has 0 radical (unpaired) electrons. The Balaban J connectivity index is 2.38. The molecule has 1 nitrogen and oxygen atoms in total. The normalized spacial score (nSPS) is 9.60. The SMILES string of the molecule is C#CCCCC(=O)Cc1ccc(Br)cc1. The van der Waals surface area contributed by atoms with Crippen molar-refractivity contribution < 1.29 is 4.79 Å². The van der Waals surface area contributed by atoms with E-state index in [1.165, 1.54) is 0 Å². The van der Waals surface area contributed by atoms with Crippen molar-refractivity contribution in [1.29, 1.82) is 0 Å². The first kappa shape index (κ1) is 12.0. The third-order valence-corrected chi connectivity index (χ3v) is 2.62. The number of hydrogen-bond acceptors (Lipinski definition) is 1. The number of Topliss-reactive ketones (excluding diaryl/α,β-unsaturated/α-hetero) is 1. The molecule has 0 aliphatic heterocycles. The summed E-state index contributed by atoms with van der Waals surface area (Å²) in [6, 6.07) is 7.82. The second kappa shape index (κ2) is 6.42. The predicted octanol–water partition coefficient (Wildman–Crippen LogP) is 3.36. The molecule has 0 saturated carbocycles. The highest BCUT2D eigenvalue weighted by molar-refractivity contribution is 9.10. The van der Waals surface area contributed by atoms with Crippen LogP contribution in [0.5, 0.6) is 0 Å². The summed E-state index contributed by atoms with van der Waals surface area (Å²) in [7, 11) is 0. The summed E-state index contributed by atoms with van der Waals surface area (Å²) in [5, 5.41) is 0. The van der Waals surface area contributed by atoms with Crippen molar-refractivity contribution in [2.75, 3.05) is 0 Å². The van der Waals surface area contributed by atoms with Gasteiger partial charge in [-0.3, -0.25) is 4.79 Å². The zero-order valence-corrected chi connectivity index (χ0v) is 10.1. The molecule has 78 valence electrons. The van der Waals surface area contributed by atoms with E-state index >= 15 is 0 Å². The molecule has 0 atom stereocenters. The maximum Gasteiger partial charge on any atom is 0.137 e. The van der Waals surface area contributed by atoms with Gasteiger partial charge in [-0.25, -0.2) is 0 Å². The number of terminal acetylenes is 1. The summed E-state index contributed by atoms with van der Waals surface area (Å²) >= 11 is 3.36. The zero-order chi connectivity index (χ0) is 11.1. The Hall–Kier alpha value is -1.07. The molecule has 1 rings (SSSR count). The lowest BCUT2D eigenvalue weighted by Crippen LogP contribution is -2.01. The molecule has 2 heteroatoms. The van der Waals surface area contributed by atoms with Crippen LogP contribution in [0.2, 0.25) is 0 Å². The Bertz CT molecular complexity index is 359. The van der Waals surface area contributed by atoms with Crippen LogP contribution in [0, 0.1) is 12.3 Å². The molecule has 1 aromatic carbocycles. The summed E-state index contributed by atoms with van der Waals surface area (Å²) in [5.74, 6) is 2.79. The standard InChI is InChI=1S/C13H13BrO/c1-2-3-4-5-13(15)10-11-6-8-12(14)9-7-11/h1,6-9H,3-5,10H2. The van der Waals surface area contributed by atoms with E-state index in [9.17, 15) is 4.79 Å². The molecule has 0 saturated heterocycles. The summed E-state index contributed by atoms with van der Waals surface area (Å²) in [4.78, 5) is 11.5. The van der Waals surface area contributed by atoms with E-state index in [-0.39, 0.29) is 5.78 Å². The van der Waals surface area contributed by atoms with Crippen LogP contribution in [-0.4, -0.2) is 5.78 Å². The van der Waals surface area contributed by atoms with Gasteiger partial charge in [-0.1, -0.05) is 28.1 Å². The van der Waals surface area contributed by atoms with E-state index in [0.29, 0.717) is 19.3 Å². The molecular weight excluding hydrogens is 252 g/mol. The lowest BCUT2D eigenvalue weighted by atomic mass is 10.1. The second-order valence-electron chi connectivity index (χ2n) is 3.40. The average molecular weight is 265 g/mol. The van der Waals surface area contributed by atoms with Gasteiger partial charge in [0.1, 0.15) is 5.78 Å². The van der Waals surface area contributed by atoms with Gasteiger partial charge in [-0.15, -0.1) is 12.3 Å². The fraction of sp³-hybridized carbons (Fsp3) is 0.308. The highest BCUT2D eigenvalue weighted by Crippen LogP contribution is 2.11. The van der Waals surface area contributed by atoms with Gasteiger partial charge in [0.25, 0.3) is 0 Å². The van der Waals surface area contributed by atoms with Gasteiger partial charge >= 0.3 is 0 Å². The van der Waals surface area contributed by atoms with Gasteiger partial charge in [0.2, 0.25) is 0 Å². The number of halogens is 1. The van der Waals surface area contributed by atoms with Crippen LogP contribution in [-0.2, 0) is 11.2 Å². The number of hydrogen-bond donors (Lipinski definition) is 0. The molecule has 0 unspecified atom stereocenters. The van der Waals surface area contributed by atoms with Gasteiger partial charge in [-0.05, 0) is 24.1 Å². The molecule has 1 aromatic rings. The summed E-state index contributed by atoms with van der Waals surface area (Å²) < 4.78 is 1.03. The zero-order valence-electron chi connectivity index (χ0n) is 8.50. The van der Waals surface area contributed by atoms with Crippen molar-refractivity contribution in [1.82, 2.24) is 0 Å². The number of carbonyl (C=O) groups excluding carboxylic acids is 1. The fourth-order valence-corrected chi connectivity index (χ4v) is 1.57. The van der Waals surface area contributed by atoms with Crippen molar-refractivity contribution in [3.8, 4) is 12.3 Å². The maximum atomic E-state index is 11.5. The van der Waals surface area contributed by atoms with Gasteiger partial charge in [0, 0.05) is 23.7 Å². The average Bonchev–Trinajstić information content (AvgIpc) is 2.22. The minimum Gasteiger partial charge on any atom is -0.299 e. The van der Waals surface area contributed by atoms with Gasteiger partial charge in [0.15, 0.2) is 0 Å². The van der Waals surface area contributed by atoms with Crippen LogP contribution in [0.1, 0.15) is 24.8 Å². The summed E-state index contributed by atoms with van der Waals surface area (Å²) in [6.45, 7) is 0. The molecule has 0 aromatic heterocycles. The second-order valence-corrected chi connectivity index (χ2v) is 4.32. The summed E-state index contributed by atoms with van der Waals surface area (Å²) in [6.07, 6.45) is 7.70.